The van der Waals surface area contributed by atoms with Gasteiger partial charge < -0.3 is 16.0 Å². The summed E-state index contributed by atoms with van der Waals surface area (Å²) in [6.45, 7) is 0.616. The van der Waals surface area contributed by atoms with Gasteiger partial charge in [-0.15, -0.1) is 0 Å². The minimum atomic E-state index is -0.541. The third kappa shape index (κ3) is 4.45. The van der Waals surface area contributed by atoms with Crippen LogP contribution in [0.3, 0.4) is 0 Å². The zero-order valence-corrected chi connectivity index (χ0v) is 11.3. The number of hydrogen-bond donors (Lipinski definition) is 3. The number of anilines is 1. The summed E-state index contributed by atoms with van der Waals surface area (Å²) in [5.74, 6) is -0.390. The van der Waals surface area contributed by atoms with Gasteiger partial charge in [0.05, 0.1) is 11.3 Å². The number of nitriles is 1. The fourth-order valence-corrected chi connectivity index (χ4v) is 1.74. The molecule has 1 aliphatic carbocycles. The summed E-state index contributed by atoms with van der Waals surface area (Å²) in [4.78, 5) is 23.0. The van der Waals surface area contributed by atoms with Crippen molar-refractivity contribution in [2.75, 3.05) is 18.4 Å². The number of carbonyl (C=O) groups excluding carboxylic acids is 2. The number of halogens is 1. The molecule has 1 aromatic rings. The van der Waals surface area contributed by atoms with E-state index in [0.29, 0.717) is 6.54 Å². The van der Waals surface area contributed by atoms with Crippen molar-refractivity contribution in [1.82, 2.24) is 10.6 Å². The third-order valence-corrected chi connectivity index (χ3v) is 3.01. The average Bonchev–Trinajstić information content (AvgIpc) is 3.30. The first-order chi connectivity index (χ1) is 10.1. The predicted molar refractivity (Wildman–Crippen MR) is 73.9 cm³/mol. The van der Waals surface area contributed by atoms with Crippen LogP contribution >= 0.6 is 0 Å². The van der Waals surface area contributed by atoms with E-state index in [1.54, 1.807) is 6.07 Å². The van der Waals surface area contributed by atoms with Gasteiger partial charge in [-0.2, -0.15) is 5.26 Å². The summed E-state index contributed by atoms with van der Waals surface area (Å²) >= 11 is 0. The van der Waals surface area contributed by atoms with Crippen LogP contribution in [0.5, 0.6) is 0 Å². The molecule has 0 radical (unpaired) electrons. The molecule has 3 amide bonds. The molecule has 3 N–H and O–H groups in total. The van der Waals surface area contributed by atoms with Gasteiger partial charge in [0.15, 0.2) is 0 Å². The van der Waals surface area contributed by atoms with Crippen LogP contribution in [0, 0.1) is 23.1 Å². The zero-order valence-electron chi connectivity index (χ0n) is 11.3. The van der Waals surface area contributed by atoms with Crippen molar-refractivity contribution in [1.29, 1.82) is 5.26 Å². The SMILES string of the molecule is N#Cc1cc(F)ccc1NC(=O)NCCNC(=O)C1CC1. The van der Waals surface area contributed by atoms with Crippen molar-refractivity contribution in [3.8, 4) is 6.07 Å². The van der Waals surface area contributed by atoms with Gasteiger partial charge in [0.25, 0.3) is 0 Å². The largest absolute Gasteiger partial charge is 0.354 e. The molecule has 0 unspecified atom stereocenters. The Hall–Kier alpha value is -2.62. The molecule has 1 aliphatic rings. The van der Waals surface area contributed by atoms with Gasteiger partial charge in [-0.3, -0.25) is 4.79 Å². The number of rotatable bonds is 5. The number of hydrogen-bond acceptors (Lipinski definition) is 3. The molecule has 110 valence electrons. The van der Waals surface area contributed by atoms with E-state index < -0.39 is 11.8 Å². The fourth-order valence-electron chi connectivity index (χ4n) is 1.74. The summed E-state index contributed by atoms with van der Waals surface area (Å²) < 4.78 is 12.9. The molecule has 0 saturated heterocycles. The second kappa shape index (κ2) is 6.70. The molecule has 0 aromatic heterocycles. The van der Waals surface area contributed by atoms with Crippen LogP contribution in [0.25, 0.3) is 0 Å². The number of carbonyl (C=O) groups is 2. The highest BCUT2D eigenvalue weighted by Crippen LogP contribution is 2.28. The number of benzene rings is 1. The van der Waals surface area contributed by atoms with Crippen molar-refractivity contribution >= 4 is 17.6 Å². The second-order valence-corrected chi connectivity index (χ2v) is 4.75. The van der Waals surface area contributed by atoms with Crippen LogP contribution in [0.15, 0.2) is 18.2 Å². The topological polar surface area (TPSA) is 94.0 Å². The fraction of sp³-hybridized carbons (Fsp3) is 0.357. The Morgan fingerprint density at radius 2 is 2.00 bits per heavy atom. The molecule has 6 nitrogen and oxygen atoms in total. The van der Waals surface area contributed by atoms with Crippen LogP contribution < -0.4 is 16.0 Å². The van der Waals surface area contributed by atoms with Gasteiger partial charge >= 0.3 is 6.03 Å². The van der Waals surface area contributed by atoms with E-state index >= 15 is 0 Å². The standard InChI is InChI=1S/C14H15FN4O2/c15-11-3-4-12(10(7-11)8-16)19-14(21)18-6-5-17-13(20)9-1-2-9/h3-4,7,9H,1-2,5-6H2,(H,17,20)(H2,18,19,21). The Kier molecular flexibility index (Phi) is 4.72. The number of nitrogens with zero attached hydrogens (tertiary/aromatic N) is 1. The van der Waals surface area contributed by atoms with Gasteiger partial charge in [-0.05, 0) is 31.0 Å². The minimum Gasteiger partial charge on any atom is -0.354 e. The van der Waals surface area contributed by atoms with E-state index in [0.717, 1.165) is 25.0 Å². The Labute approximate surface area is 121 Å². The Morgan fingerprint density at radius 1 is 1.29 bits per heavy atom. The molecule has 0 atom stereocenters. The number of urea groups is 1. The van der Waals surface area contributed by atoms with Gasteiger partial charge in [0.1, 0.15) is 11.9 Å². The van der Waals surface area contributed by atoms with Crippen molar-refractivity contribution in [2.45, 2.75) is 12.8 Å². The van der Waals surface area contributed by atoms with Crippen molar-refractivity contribution < 1.29 is 14.0 Å². The summed E-state index contributed by atoms with van der Waals surface area (Å²) in [6, 6.07) is 4.82. The molecule has 7 heteroatoms. The molecule has 0 spiro atoms. The van der Waals surface area contributed by atoms with Crippen molar-refractivity contribution in [3.05, 3.63) is 29.6 Å². The molecule has 1 aromatic carbocycles. The van der Waals surface area contributed by atoms with Crippen LogP contribution in [0.2, 0.25) is 0 Å². The molecule has 0 bridgehead atoms. The molecule has 0 heterocycles. The average molecular weight is 290 g/mol. The highest BCUT2D eigenvalue weighted by Gasteiger charge is 2.28. The van der Waals surface area contributed by atoms with Crippen molar-refractivity contribution in [3.63, 3.8) is 0 Å². The summed E-state index contributed by atoms with van der Waals surface area (Å²) in [5, 5.41) is 16.6. The van der Waals surface area contributed by atoms with Crippen LogP contribution in [-0.4, -0.2) is 25.0 Å². The molecule has 2 rings (SSSR count). The first-order valence-corrected chi connectivity index (χ1v) is 6.62. The quantitative estimate of drug-likeness (QED) is 0.714. The highest BCUT2D eigenvalue weighted by molar-refractivity contribution is 5.90. The van der Waals surface area contributed by atoms with E-state index in [1.807, 2.05) is 0 Å². The normalized spacial score (nSPS) is 13.1. The molecule has 1 saturated carbocycles. The van der Waals surface area contributed by atoms with Gasteiger partial charge in [-0.25, -0.2) is 9.18 Å². The maximum Gasteiger partial charge on any atom is 0.319 e. The molecule has 1 fully saturated rings. The van der Waals surface area contributed by atoms with Crippen molar-refractivity contribution in [2.24, 2.45) is 5.92 Å². The predicted octanol–water partition coefficient (Wildman–Crippen LogP) is 1.35. The third-order valence-electron chi connectivity index (χ3n) is 3.01. The monoisotopic (exact) mass is 290 g/mol. The lowest BCUT2D eigenvalue weighted by molar-refractivity contribution is -0.122. The number of nitrogens with one attached hydrogen (secondary N) is 3. The van der Waals surface area contributed by atoms with Crippen LogP contribution in [0.4, 0.5) is 14.9 Å². The maximum atomic E-state index is 12.9. The minimum absolute atomic E-state index is 0.0162. The number of amides is 3. The highest BCUT2D eigenvalue weighted by atomic mass is 19.1. The first-order valence-electron chi connectivity index (χ1n) is 6.62. The smallest absolute Gasteiger partial charge is 0.319 e. The summed E-state index contributed by atoms with van der Waals surface area (Å²) in [7, 11) is 0. The summed E-state index contributed by atoms with van der Waals surface area (Å²) in [5.41, 5.74) is 0.283. The Bertz CT molecular complexity index is 593. The van der Waals surface area contributed by atoms with Gasteiger partial charge in [0, 0.05) is 19.0 Å². The lowest BCUT2D eigenvalue weighted by Crippen LogP contribution is -2.37. The Morgan fingerprint density at radius 3 is 2.67 bits per heavy atom. The van der Waals surface area contributed by atoms with Gasteiger partial charge in [-0.1, -0.05) is 0 Å². The summed E-state index contributed by atoms with van der Waals surface area (Å²) in [6.07, 6.45) is 1.86. The maximum absolute atomic E-state index is 12.9. The van der Waals surface area contributed by atoms with Crippen LogP contribution in [0.1, 0.15) is 18.4 Å². The van der Waals surface area contributed by atoms with E-state index in [1.165, 1.54) is 6.07 Å². The molecule has 0 aliphatic heterocycles. The zero-order chi connectivity index (χ0) is 15.2. The molecule has 21 heavy (non-hydrogen) atoms. The first kappa shape index (κ1) is 14.8. The second-order valence-electron chi connectivity index (χ2n) is 4.75. The van der Waals surface area contributed by atoms with E-state index in [2.05, 4.69) is 16.0 Å². The van der Waals surface area contributed by atoms with E-state index in [-0.39, 0.29) is 29.6 Å². The molecular formula is C14H15FN4O2. The Balaban J connectivity index is 1.74. The lowest BCUT2D eigenvalue weighted by Gasteiger charge is -2.09. The molecular weight excluding hydrogens is 275 g/mol. The van der Waals surface area contributed by atoms with Crippen LogP contribution in [-0.2, 0) is 4.79 Å². The van der Waals surface area contributed by atoms with Gasteiger partial charge in [0.2, 0.25) is 5.91 Å². The van der Waals surface area contributed by atoms with E-state index in [9.17, 15) is 14.0 Å². The van der Waals surface area contributed by atoms with E-state index in [4.69, 9.17) is 5.26 Å². The lowest BCUT2D eigenvalue weighted by atomic mass is 10.2.